The number of fused-ring (bicyclic) bond motifs is 1. The number of esters is 1. The third-order valence-corrected chi connectivity index (χ3v) is 3.60. The fraction of sp³-hybridized carbons (Fsp3) is 0.118. The van der Waals surface area contributed by atoms with Gasteiger partial charge in [-0.25, -0.2) is 4.79 Å². The van der Waals surface area contributed by atoms with Crippen LogP contribution in [0.3, 0.4) is 0 Å². The van der Waals surface area contributed by atoms with E-state index >= 15 is 0 Å². The minimum absolute atomic E-state index is 0.0187. The largest absolute Gasteiger partial charge is 0.462 e. The van der Waals surface area contributed by atoms with Crippen LogP contribution in [-0.4, -0.2) is 33.6 Å². The van der Waals surface area contributed by atoms with Gasteiger partial charge in [0.05, 0.1) is 22.6 Å². The van der Waals surface area contributed by atoms with Crippen LogP contribution in [0.2, 0.25) is 0 Å². The highest BCUT2D eigenvalue weighted by Crippen LogP contribution is 2.23. The van der Waals surface area contributed by atoms with Gasteiger partial charge in [0.1, 0.15) is 0 Å². The molecule has 0 spiro atoms. The van der Waals surface area contributed by atoms with Crippen LogP contribution in [0.1, 0.15) is 27.8 Å². The van der Waals surface area contributed by atoms with Crippen LogP contribution < -0.4 is 5.32 Å². The molecule has 1 aromatic heterocycles. The van der Waals surface area contributed by atoms with E-state index in [2.05, 4.69) is 15.5 Å². The first-order chi connectivity index (χ1) is 12.5. The van der Waals surface area contributed by atoms with Gasteiger partial charge < -0.3 is 10.1 Å². The predicted molar refractivity (Wildman–Crippen MR) is 93.1 cm³/mol. The van der Waals surface area contributed by atoms with Crippen molar-refractivity contribution in [1.29, 1.82) is 0 Å². The number of aromatic nitrogens is 2. The van der Waals surface area contributed by atoms with Crippen molar-refractivity contribution in [3.8, 4) is 0 Å². The third-order valence-electron chi connectivity index (χ3n) is 3.60. The lowest BCUT2D eigenvalue weighted by Crippen LogP contribution is -2.13. The minimum atomic E-state index is -0.558. The summed E-state index contributed by atoms with van der Waals surface area (Å²) >= 11 is 0. The summed E-state index contributed by atoms with van der Waals surface area (Å²) in [6.07, 6.45) is 0. The molecule has 0 atom stereocenters. The Kier molecular flexibility index (Phi) is 4.61. The average molecular weight is 354 g/mol. The number of nitrogens with one attached hydrogen (secondary N) is 2. The molecule has 9 heteroatoms. The monoisotopic (exact) mass is 354 g/mol. The van der Waals surface area contributed by atoms with Crippen LogP contribution in [0.5, 0.6) is 0 Å². The molecule has 0 bridgehead atoms. The molecule has 1 amide bonds. The second kappa shape index (κ2) is 7.01. The van der Waals surface area contributed by atoms with Crippen molar-refractivity contribution in [2.75, 3.05) is 11.9 Å². The molecule has 0 saturated carbocycles. The van der Waals surface area contributed by atoms with Gasteiger partial charge in [0.2, 0.25) is 0 Å². The molecule has 9 nitrogen and oxygen atoms in total. The van der Waals surface area contributed by atoms with Gasteiger partial charge in [-0.1, -0.05) is 6.07 Å². The zero-order valence-electron chi connectivity index (χ0n) is 13.7. The van der Waals surface area contributed by atoms with E-state index in [9.17, 15) is 19.7 Å². The maximum atomic E-state index is 12.5. The molecule has 0 unspecified atom stereocenters. The van der Waals surface area contributed by atoms with E-state index < -0.39 is 16.8 Å². The first-order valence-corrected chi connectivity index (χ1v) is 7.70. The molecule has 0 fully saturated rings. The zero-order chi connectivity index (χ0) is 18.7. The number of nitro benzene ring substituents is 1. The highest BCUT2D eigenvalue weighted by molar-refractivity contribution is 6.11. The van der Waals surface area contributed by atoms with Crippen LogP contribution in [0.4, 0.5) is 11.4 Å². The summed E-state index contributed by atoms with van der Waals surface area (Å²) in [5, 5.41) is 20.5. The number of non-ortho nitro benzene ring substituents is 1. The topological polar surface area (TPSA) is 127 Å². The number of rotatable bonds is 5. The van der Waals surface area contributed by atoms with E-state index in [4.69, 9.17) is 4.74 Å². The number of carbonyl (C=O) groups excluding carboxylic acids is 2. The predicted octanol–water partition coefficient (Wildman–Crippen LogP) is 2.90. The molecule has 132 valence electrons. The fourth-order valence-corrected chi connectivity index (χ4v) is 2.42. The van der Waals surface area contributed by atoms with Gasteiger partial charge in [-0.05, 0) is 31.2 Å². The van der Waals surface area contributed by atoms with Crippen molar-refractivity contribution in [2.45, 2.75) is 6.92 Å². The number of aromatic amines is 1. The number of amides is 1. The Bertz CT molecular complexity index is 1010. The van der Waals surface area contributed by atoms with Gasteiger partial charge in [-0.15, -0.1) is 0 Å². The maximum absolute atomic E-state index is 12.5. The van der Waals surface area contributed by atoms with E-state index in [0.29, 0.717) is 22.2 Å². The van der Waals surface area contributed by atoms with E-state index in [-0.39, 0.29) is 18.0 Å². The summed E-state index contributed by atoms with van der Waals surface area (Å²) in [4.78, 5) is 34.6. The van der Waals surface area contributed by atoms with E-state index in [1.54, 1.807) is 25.1 Å². The van der Waals surface area contributed by atoms with Gasteiger partial charge >= 0.3 is 5.97 Å². The Morgan fingerprint density at radius 1 is 1.27 bits per heavy atom. The Morgan fingerprint density at radius 3 is 2.81 bits per heavy atom. The highest BCUT2D eigenvalue weighted by atomic mass is 16.6. The lowest BCUT2D eigenvalue weighted by Gasteiger charge is -2.06. The van der Waals surface area contributed by atoms with Crippen LogP contribution in [0, 0.1) is 10.1 Å². The minimum Gasteiger partial charge on any atom is -0.462 e. The van der Waals surface area contributed by atoms with Crippen molar-refractivity contribution < 1.29 is 19.2 Å². The fourth-order valence-electron chi connectivity index (χ4n) is 2.42. The number of carbonyl (C=O) groups is 2. The number of anilines is 1. The van der Waals surface area contributed by atoms with Crippen LogP contribution >= 0.6 is 0 Å². The summed E-state index contributed by atoms with van der Waals surface area (Å²) in [6, 6.07) is 10.4. The van der Waals surface area contributed by atoms with Crippen molar-refractivity contribution in [3.05, 3.63) is 63.8 Å². The molecule has 0 aliphatic heterocycles. The average Bonchev–Trinajstić information content (AvgIpc) is 3.05. The molecule has 2 N–H and O–H groups in total. The molecule has 0 aliphatic rings. The van der Waals surface area contributed by atoms with Gasteiger partial charge in [0.25, 0.3) is 11.6 Å². The van der Waals surface area contributed by atoms with Gasteiger partial charge in [0, 0.05) is 23.2 Å². The van der Waals surface area contributed by atoms with Crippen molar-refractivity contribution in [2.24, 2.45) is 0 Å². The number of hydrogen-bond acceptors (Lipinski definition) is 6. The van der Waals surface area contributed by atoms with E-state index in [1.165, 1.54) is 24.3 Å². The molecule has 0 aliphatic carbocycles. The summed E-state index contributed by atoms with van der Waals surface area (Å²) in [5.74, 6) is -1.05. The Labute approximate surface area is 147 Å². The Balaban J connectivity index is 1.88. The van der Waals surface area contributed by atoms with Gasteiger partial charge in [0.15, 0.2) is 5.69 Å². The molecule has 3 aromatic rings. The van der Waals surface area contributed by atoms with Crippen LogP contribution in [0.15, 0.2) is 42.5 Å². The van der Waals surface area contributed by atoms with Crippen LogP contribution in [0.25, 0.3) is 10.9 Å². The molecule has 0 saturated heterocycles. The van der Waals surface area contributed by atoms with Gasteiger partial charge in [-0.3, -0.25) is 20.0 Å². The number of benzene rings is 2. The van der Waals surface area contributed by atoms with Gasteiger partial charge in [-0.2, -0.15) is 5.10 Å². The lowest BCUT2D eigenvalue weighted by molar-refractivity contribution is -0.384. The molecule has 0 radical (unpaired) electrons. The second-order valence-corrected chi connectivity index (χ2v) is 5.31. The number of H-pyrrole nitrogens is 1. The summed E-state index contributed by atoms with van der Waals surface area (Å²) < 4.78 is 4.92. The van der Waals surface area contributed by atoms with Crippen molar-refractivity contribution in [3.63, 3.8) is 0 Å². The molecular weight excluding hydrogens is 340 g/mol. The van der Waals surface area contributed by atoms with E-state index in [0.717, 1.165) is 0 Å². The molecule has 2 aromatic carbocycles. The summed E-state index contributed by atoms with van der Waals surface area (Å²) in [7, 11) is 0. The zero-order valence-corrected chi connectivity index (χ0v) is 13.7. The normalized spacial score (nSPS) is 10.5. The van der Waals surface area contributed by atoms with Crippen molar-refractivity contribution in [1.82, 2.24) is 10.2 Å². The Morgan fingerprint density at radius 2 is 2.08 bits per heavy atom. The molecule has 26 heavy (non-hydrogen) atoms. The lowest BCUT2D eigenvalue weighted by atomic mass is 10.1. The quantitative estimate of drug-likeness (QED) is 0.412. The number of nitro groups is 1. The van der Waals surface area contributed by atoms with Crippen LogP contribution in [-0.2, 0) is 4.74 Å². The van der Waals surface area contributed by atoms with Crippen molar-refractivity contribution >= 4 is 34.2 Å². The summed E-state index contributed by atoms with van der Waals surface area (Å²) in [5.41, 5.74) is 1.05. The highest BCUT2D eigenvalue weighted by Gasteiger charge is 2.18. The number of nitrogens with zero attached hydrogens (tertiary/aromatic N) is 2. The first-order valence-electron chi connectivity index (χ1n) is 7.70. The summed E-state index contributed by atoms with van der Waals surface area (Å²) in [6.45, 7) is 1.94. The van der Waals surface area contributed by atoms with E-state index in [1.807, 2.05) is 0 Å². The Hall–Kier alpha value is -3.75. The second-order valence-electron chi connectivity index (χ2n) is 5.31. The molecule has 3 rings (SSSR count). The standard InChI is InChI=1S/C17H14N4O5/c1-2-26-17(23)10-4-3-5-11(8-10)18-16(22)15-13-9-12(21(24)25)6-7-14(13)19-20-15/h3-9H,2H2,1H3,(H,18,22)(H,19,20). The third kappa shape index (κ3) is 3.36. The smallest absolute Gasteiger partial charge is 0.338 e. The SMILES string of the molecule is CCOC(=O)c1cccc(NC(=O)c2n[nH]c3ccc([N+](=O)[O-])cc23)c1. The number of hydrogen-bond donors (Lipinski definition) is 2. The molecule has 1 heterocycles. The molecular formula is C17H14N4O5. The maximum Gasteiger partial charge on any atom is 0.338 e. The number of ether oxygens (including phenoxy) is 1. The first kappa shape index (κ1) is 17.1.